The minimum Gasteiger partial charge on any atom is -0.389 e. The molecule has 0 saturated heterocycles. The molecule has 3 aromatic rings. The summed E-state index contributed by atoms with van der Waals surface area (Å²) < 4.78 is 51.6. The number of alkyl halides is 3. The third-order valence-corrected chi connectivity index (χ3v) is 7.04. The molecule has 1 aromatic carbocycles. The van der Waals surface area contributed by atoms with E-state index in [9.17, 15) is 18.3 Å². The summed E-state index contributed by atoms with van der Waals surface area (Å²) in [5, 5.41) is 17.1. The monoisotopic (exact) mass is 560 g/mol. The van der Waals surface area contributed by atoms with Crippen molar-refractivity contribution in [3.8, 4) is 23.6 Å². The molecule has 4 rings (SSSR count). The number of aliphatic hydroxyl groups is 1. The molecule has 2 aromatic heterocycles. The zero-order chi connectivity index (χ0) is 28.0. The number of nitrogens with one attached hydrogen (secondary N) is 2. The Balaban J connectivity index is 1.39. The summed E-state index contributed by atoms with van der Waals surface area (Å²) in [4.78, 5) is 9.05. The average Bonchev–Trinajstić information content (AvgIpc) is 3.34. The molecule has 0 unspecified atom stereocenters. The molecule has 0 aliphatic heterocycles. The lowest BCUT2D eigenvalue weighted by molar-refractivity contribution is -0.137. The van der Waals surface area contributed by atoms with Crippen molar-refractivity contribution in [2.75, 3.05) is 11.9 Å². The Morgan fingerprint density at radius 2 is 1.87 bits per heavy atom. The Bertz CT molecular complexity index is 1280. The molecule has 0 spiro atoms. The molecule has 8 nitrogen and oxygen atoms in total. The van der Waals surface area contributed by atoms with Crippen LogP contribution in [-0.2, 0) is 17.5 Å². The van der Waals surface area contributed by atoms with Crippen molar-refractivity contribution >= 4 is 23.6 Å². The van der Waals surface area contributed by atoms with Crippen molar-refractivity contribution in [1.29, 1.82) is 0 Å². The van der Waals surface area contributed by atoms with Gasteiger partial charge in [-0.1, -0.05) is 5.92 Å². The molecular formula is C27H31F3N6O2S. The number of ether oxygens (including phenoxy) is 1. The highest BCUT2D eigenvalue weighted by atomic mass is 32.2. The number of hydrogen-bond acceptors (Lipinski definition) is 8. The molecule has 0 atom stereocenters. The van der Waals surface area contributed by atoms with Gasteiger partial charge in [-0.05, 0) is 75.7 Å². The van der Waals surface area contributed by atoms with E-state index in [1.54, 1.807) is 13.8 Å². The van der Waals surface area contributed by atoms with E-state index in [4.69, 9.17) is 11.2 Å². The highest BCUT2D eigenvalue weighted by molar-refractivity contribution is 7.97. The topological polar surface area (TPSA) is 97.1 Å². The summed E-state index contributed by atoms with van der Waals surface area (Å²) in [6, 6.07) is 7.83. The van der Waals surface area contributed by atoms with Crippen molar-refractivity contribution in [3.63, 3.8) is 0 Å². The van der Waals surface area contributed by atoms with Gasteiger partial charge in [0.15, 0.2) is 0 Å². The van der Waals surface area contributed by atoms with Gasteiger partial charge in [-0.15, -0.1) is 6.42 Å². The summed E-state index contributed by atoms with van der Waals surface area (Å²) in [5.74, 6) is 2.53. The number of aromatic nitrogens is 4. The van der Waals surface area contributed by atoms with E-state index in [1.165, 1.54) is 29.0 Å². The lowest BCUT2D eigenvalue weighted by atomic mass is 9.94. The summed E-state index contributed by atoms with van der Waals surface area (Å²) in [6.07, 6.45) is 8.27. The maximum Gasteiger partial charge on any atom is 0.419 e. The maximum atomic E-state index is 13.7. The Morgan fingerprint density at radius 1 is 1.15 bits per heavy atom. The highest BCUT2D eigenvalue weighted by Crippen LogP contribution is 2.36. The van der Waals surface area contributed by atoms with Crippen molar-refractivity contribution < 1.29 is 23.0 Å². The first-order valence-electron chi connectivity index (χ1n) is 12.5. The number of hydrogen-bond donors (Lipinski definition) is 3. The molecule has 12 heteroatoms. The normalized spacial score (nSPS) is 18.1. The third-order valence-electron chi connectivity index (χ3n) is 6.08. The second-order valence-corrected chi connectivity index (χ2v) is 11.0. The molecule has 1 aliphatic carbocycles. The van der Waals surface area contributed by atoms with Crippen molar-refractivity contribution in [3.05, 3.63) is 48.4 Å². The van der Waals surface area contributed by atoms with Crippen LogP contribution in [0.5, 0.6) is 0 Å². The average molecular weight is 561 g/mol. The number of halogens is 3. The summed E-state index contributed by atoms with van der Waals surface area (Å²) in [6.45, 7) is 3.65. The van der Waals surface area contributed by atoms with Crippen LogP contribution in [0.4, 0.5) is 24.8 Å². The van der Waals surface area contributed by atoms with Gasteiger partial charge in [-0.25, -0.2) is 9.97 Å². The number of nitrogens with zero attached hydrogens (tertiary/aromatic N) is 4. The van der Waals surface area contributed by atoms with Crippen LogP contribution in [-0.4, -0.2) is 49.2 Å². The Hall–Kier alpha value is -3.11. The molecule has 1 fully saturated rings. The first-order chi connectivity index (χ1) is 18.5. The van der Waals surface area contributed by atoms with E-state index >= 15 is 0 Å². The number of terminal acetylenes is 1. The van der Waals surface area contributed by atoms with Gasteiger partial charge in [0.2, 0.25) is 5.95 Å². The van der Waals surface area contributed by atoms with Gasteiger partial charge in [0.05, 0.1) is 30.1 Å². The van der Waals surface area contributed by atoms with Gasteiger partial charge >= 0.3 is 6.18 Å². The number of anilines is 2. The van der Waals surface area contributed by atoms with Crippen LogP contribution in [0.1, 0.15) is 45.1 Å². The zero-order valence-electron chi connectivity index (χ0n) is 21.7. The Labute approximate surface area is 229 Å². The summed E-state index contributed by atoms with van der Waals surface area (Å²) in [5.41, 5.74) is -1.53. The van der Waals surface area contributed by atoms with E-state index in [0.717, 1.165) is 36.8 Å². The fourth-order valence-corrected chi connectivity index (χ4v) is 5.05. The number of rotatable bonds is 10. The quantitative estimate of drug-likeness (QED) is 0.223. The van der Waals surface area contributed by atoms with Crippen LogP contribution in [0.2, 0.25) is 0 Å². The minimum atomic E-state index is -4.65. The predicted octanol–water partition coefficient (Wildman–Crippen LogP) is 5.43. The number of benzene rings is 1. The second-order valence-electron chi connectivity index (χ2n) is 10.1. The van der Waals surface area contributed by atoms with Crippen molar-refractivity contribution in [2.24, 2.45) is 0 Å². The smallest absolute Gasteiger partial charge is 0.389 e. The molecule has 0 bridgehead atoms. The van der Waals surface area contributed by atoms with E-state index in [1.807, 2.05) is 24.3 Å². The van der Waals surface area contributed by atoms with Crippen molar-refractivity contribution in [1.82, 2.24) is 24.5 Å². The molecule has 208 valence electrons. The summed E-state index contributed by atoms with van der Waals surface area (Å²) >= 11 is 1.54. The first-order valence-corrected chi connectivity index (χ1v) is 13.4. The van der Waals surface area contributed by atoms with Gasteiger partial charge in [0, 0.05) is 34.6 Å². The minimum absolute atomic E-state index is 0.0237. The molecule has 2 heterocycles. The Kier molecular flexibility index (Phi) is 9.17. The van der Waals surface area contributed by atoms with E-state index < -0.39 is 17.3 Å². The van der Waals surface area contributed by atoms with Crippen LogP contribution >= 0.6 is 11.9 Å². The van der Waals surface area contributed by atoms with Gasteiger partial charge in [-0.3, -0.25) is 9.40 Å². The second kappa shape index (κ2) is 12.4. The highest BCUT2D eigenvalue weighted by Gasteiger charge is 2.36. The van der Waals surface area contributed by atoms with Crippen LogP contribution in [0.25, 0.3) is 11.3 Å². The summed E-state index contributed by atoms with van der Waals surface area (Å²) in [7, 11) is 0. The van der Waals surface area contributed by atoms with Crippen LogP contribution in [0, 0.1) is 12.3 Å². The molecule has 0 amide bonds. The van der Waals surface area contributed by atoms with Crippen LogP contribution in [0.15, 0.2) is 47.8 Å². The molecule has 1 saturated carbocycles. The fraction of sp³-hybridized carbons (Fsp3) is 0.444. The SMILES string of the molecule is C#CCOC1CCC(NSc2ccc(Nc3ncc(C(F)(F)F)c(-c4cnn(CC(C)(C)O)c4)n3)cc2)CC1. The van der Waals surface area contributed by atoms with Gasteiger partial charge < -0.3 is 15.2 Å². The Morgan fingerprint density at radius 3 is 2.51 bits per heavy atom. The van der Waals surface area contributed by atoms with Crippen molar-refractivity contribution in [2.45, 2.75) is 74.9 Å². The lowest BCUT2D eigenvalue weighted by Crippen LogP contribution is -2.31. The van der Waals surface area contributed by atoms with Gasteiger partial charge in [0.1, 0.15) is 12.2 Å². The molecule has 3 N–H and O–H groups in total. The lowest BCUT2D eigenvalue weighted by Gasteiger charge is -2.28. The third kappa shape index (κ3) is 8.44. The standard InChI is InChI=1S/C27H31F3N6O2S/c1-4-13-38-21-9-5-20(6-10-21)35-39-22-11-7-19(8-12-22)33-25-31-15-23(27(28,29)30)24(34-25)18-14-32-36(16-18)17-26(2,3)37/h1,7-8,11-12,14-16,20-21,35,37H,5-6,9-10,13,17H2,2-3H3,(H,31,33,34). The molecule has 0 radical (unpaired) electrons. The zero-order valence-corrected chi connectivity index (χ0v) is 22.5. The molecular weight excluding hydrogens is 529 g/mol. The molecule has 1 aliphatic rings. The van der Waals surface area contributed by atoms with E-state index in [-0.39, 0.29) is 29.9 Å². The van der Waals surface area contributed by atoms with E-state index in [0.29, 0.717) is 18.3 Å². The fourth-order valence-electron chi connectivity index (χ4n) is 4.24. The van der Waals surface area contributed by atoms with Crippen LogP contribution in [0.3, 0.4) is 0 Å². The van der Waals surface area contributed by atoms with Gasteiger partial charge in [0.25, 0.3) is 0 Å². The predicted molar refractivity (Wildman–Crippen MR) is 144 cm³/mol. The van der Waals surface area contributed by atoms with Gasteiger partial charge in [-0.2, -0.15) is 18.3 Å². The largest absolute Gasteiger partial charge is 0.419 e. The molecule has 39 heavy (non-hydrogen) atoms. The van der Waals surface area contributed by atoms with Crippen LogP contribution < -0.4 is 10.0 Å². The maximum absolute atomic E-state index is 13.7. The first kappa shape index (κ1) is 28.9. The van der Waals surface area contributed by atoms with E-state index in [2.05, 4.69) is 31.0 Å².